The molecule has 0 aliphatic carbocycles. The summed E-state index contributed by atoms with van der Waals surface area (Å²) in [5.41, 5.74) is 5.24. The fraction of sp³-hybridized carbons (Fsp3) is 0.320. The van der Waals surface area contributed by atoms with Gasteiger partial charge < -0.3 is 10.1 Å². The zero-order chi connectivity index (χ0) is 22.7. The van der Waals surface area contributed by atoms with Crippen LogP contribution >= 0.6 is 0 Å². The van der Waals surface area contributed by atoms with Gasteiger partial charge in [0.05, 0.1) is 17.1 Å². The van der Waals surface area contributed by atoms with E-state index in [0.29, 0.717) is 17.0 Å². The Hall–Kier alpha value is -3.41. The number of aromatic nitrogens is 2. The van der Waals surface area contributed by atoms with E-state index in [0.717, 1.165) is 22.5 Å². The van der Waals surface area contributed by atoms with Crippen molar-refractivity contribution in [3.63, 3.8) is 0 Å². The molecule has 2 aromatic carbocycles. The Morgan fingerprint density at radius 2 is 1.65 bits per heavy atom. The van der Waals surface area contributed by atoms with Crippen LogP contribution in [0.4, 0.5) is 5.69 Å². The van der Waals surface area contributed by atoms with Gasteiger partial charge in [-0.3, -0.25) is 4.79 Å². The number of hydrogen-bond acceptors (Lipinski definition) is 4. The van der Waals surface area contributed by atoms with Crippen LogP contribution in [-0.2, 0) is 9.53 Å². The van der Waals surface area contributed by atoms with Crippen molar-refractivity contribution >= 4 is 17.6 Å². The van der Waals surface area contributed by atoms with Crippen molar-refractivity contribution in [1.29, 1.82) is 0 Å². The van der Waals surface area contributed by atoms with Crippen molar-refractivity contribution in [2.75, 3.05) is 5.32 Å². The number of carbonyl (C=O) groups excluding carboxylic acids is 2. The fourth-order valence-corrected chi connectivity index (χ4v) is 3.60. The highest BCUT2D eigenvalue weighted by Gasteiger charge is 2.26. The largest absolute Gasteiger partial charge is 0.449 e. The molecule has 0 saturated heterocycles. The smallest absolute Gasteiger partial charge is 0.342 e. The number of nitrogens with zero attached hydrogens (tertiary/aromatic N) is 2. The first-order valence-corrected chi connectivity index (χ1v) is 10.4. The highest BCUT2D eigenvalue weighted by Crippen LogP contribution is 2.28. The van der Waals surface area contributed by atoms with E-state index < -0.39 is 12.1 Å². The molecule has 0 spiro atoms. The number of anilines is 1. The Kier molecular flexibility index (Phi) is 6.59. The van der Waals surface area contributed by atoms with Crippen molar-refractivity contribution in [2.45, 2.75) is 53.6 Å². The predicted molar refractivity (Wildman–Crippen MR) is 122 cm³/mol. The van der Waals surface area contributed by atoms with Crippen molar-refractivity contribution in [2.24, 2.45) is 0 Å². The van der Waals surface area contributed by atoms with Gasteiger partial charge in [0.2, 0.25) is 0 Å². The third-order valence-corrected chi connectivity index (χ3v) is 5.32. The summed E-state index contributed by atoms with van der Waals surface area (Å²) in [6.07, 6.45) is -0.953. The summed E-state index contributed by atoms with van der Waals surface area (Å²) in [6, 6.07) is 15.5. The van der Waals surface area contributed by atoms with Crippen LogP contribution in [0.3, 0.4) is 0 Å². The second kappa shape index (κ2) is 9.16. The van der Waals surface area contributed by atoms with Gasteiger partial charge in [0.1, 0.15) is 5.56 Å². The lowest BCUT2D eigenvalue weighted by Gasteiger charge is -2.19. The SMILES string of the molecule is Cc1cccc(C(C)C)c1NC(=O)[C@@H](C)OC(=O)c1c(C)nn(-c2ccccc2)c1C. The number of aryl methyl sites for hydroxylation is 2. The molecule has 1 atom stereocenters. The molecule has 1 amide bonds. The summed E-state index contributed by atoms with van der Waals surface area (Å²) in [6.45, 7) is 11.2. The number of esters is 1. The molecule has 31 heavy (non-hydrogen) atoms. The van der Waals surface area contributed by atoms with E-state index in [4.69, 9.17) is 4.74 Å². The minimum atomic E-state index is -0.953. The van der Waals surface area contributed by atoms with Gasteiger partial charge in [0.25, 0.3) is 5.91 Å². The molecule has 6 nitrogen and oxygen atoms in total. The van der Waals surface area contributed by atoms with Gasteiger partial charge in [0.15, 0.2) is 6.10 Å². The van der Waals surface area contributed by atoms with Gasteiger partial charge in [-0.25, -0.2) is 9.48 Å². The molecule has 1 heterocycles. The zero-order valence-corrected chi connectivity index (χ0v) is 18.9. The topological polar surface area (TPSA) is 73.2 Å². The Balaban J connectivity index is 1.78. The molecule has 1 aromatic heterocycles. The average Bonchev–Trinajstić information content (AvgIpc) is 3.03. The summed E-state index contributed by atoms with van der Waals surface area (Å²) < 4.78 is 7.22. The monoisotopic (exact) mass is 419 g/mol. The lowest BCUT2D eigenvalue weighted by atomic mass is 9.98. The molecule has 0 fully saturated rings. The van der Waals surface area contributed by atoms with E-state index in [1.165, 1.54) is 0 Å². The highest BCUT2D eigenvalue weighted by molar-refractivity contribution is 5.99. The van der Waals surface area contributed by atoms with Crippen LogP contribution in [0.2, 0.25) is 0 Å². The molecular formula is C25H29N3O3. The number of nitrogens with one attached hydrogen (secondary N) is 1. The maximum absolute atomic E-state index is 12.9. The number of para-hydroxylation sites is 2. The predicted octanol–water partition coefficient (Wildman–Crippen LogP) is 5.10. The van der Waals surface area contributed by atoms with Crippen LogP contribution in [0.5, 0.6) is 0 Å². The van der Waals surface area contributed by atoms with Crippen LogP contribution in [0, 0.1) is 20.8 Å². The van der Waals surface area contributed by atoms with Crippen LogP contribution in [0.25, 0.3) is 5.69 Å². The second-order valence-electron chi connectivity index (χ2n) is 8.02. The summed E-state index contributed by atoms with van der Waals surface area (Å²) in [5, 5.41) is 7.42. The molecule has 162 valence electrons. The lowest BCUT2D eigenvalue weighted by Crippen LogP contribution is -2.31. The van der Waals surface area contributed by atoms with Crippen molar-refractivity contribution in [3.05, 3.63) is 76.6 Å². The van der Waals surface area contributed by atoms with Gasteiger partial charge in [0, 0.05) is 5.69 Å². The molecular weight excluding hydrogens is 390 g/mol. The molecule has 6 heteroatoms. The van der Waals surface area contributed by atoms with Crippen LogP contribution in [0.15, 0.2) is 48.5 Å². The number of amides is 1. The van der Waals surface area contributed by atoms with E-state index in [9.17, 15) is 9.59 Å². The summed E-state index contributed by atoms with van der Waals surface area (Å²) in [4.78, 5) is 25.7. The number of benzene rings is 2. The van der Waals surface area contributed by atoms with E-state index in [1.807, 2.05) is 62.4 Å². The third-order valence-electron chi connectivity index (χ3n) is 5.32. The van der Waals surface area contributed by atoms with Crippen LogP contribution in [-0.4, -0.2) is 27.8 Å². The van der Waals surface area contributed by atoms with E-state index >= 15 is 0 Å². The minimum absolute atomic E-state index is 0.252. The summed E-state index contributed by atoms with van der Waals surface area (Å²) in [7, 11) is 0. The molecule has 1 N–H and O–H groups in total. The molecule has 0 bridgehead atoms. The van der Waals surface area contributed by atoms with Crippen molar-refractivity contribution < 1.29 is 14.3 Å². The normalized spacial score (nSPS) is 12.0. The summed E-state index contributed by atoms with van der Waals surface area (Å²) in [5.74, 6) is -0.675. The number of ether oxygens (including phenoxy) is 1. The molecule has 0 aliphatic rings. The number of rotatable bonds is 6. The standard InChI is InChI=1S/C25H29N3O3/c1-15(2)21-14-10-11-16(3)23(21)26-24(29)19(6)31-25(30)22-17(4)27-28(18(22)5)20-12-8-7-9-13-20/h7-15,19H,1-6H3,(H,26,29)/t19-/m1/s1. The number of carbonyl (C=O) groups is 2. The third kappa shape index (κ3) is 4.68. The molecule has 3 rings (SSSR count). The lowest BCUT2D eigenvalue weighted by molar-refractivity contribution is -0.123. The van der Waals surface area contributed by atoms with E-state index in [2.05, 4.69) is 24.3 Å². The van der Waals surface area contributed by atoms with Gasteiger partial charge in [-0.2, -0.15) is 5.10 Å². The average molecular weight is 420 g/mol. The number of hydrogen-bond donors (Lipinski definition) is 1. The highest BCUT2D eigenvalue weighted by atomic mass is 16.5. The zero-order valence-electron chi connectivity index (χ0n) is 18.9. The van der Waals surface area contributed by atoms with E-state index in [-0.39, 0.29) is 11.8 Å². The van der Waals surface area contributed by atoms with Crippen LogP contribution < -0.4 is 5.32 Å². The Labute approximate surface area is 183 Å². The quantitative estimate of drug-likeness (QED) is 0.564. The molecule has 0 saturated carbocycles. The van der Waals surface area contributed by atoms with Crippen molar-refractivity contribution in [1.82, 2.24) is 9.78 Å². The Morgan fingerprint density at radius 1 is 0.968 bits per heavy atom. The molecule has 0 radical (unpaired) electrons. The van der Waals surface area contributed by atoms with Gasteiger partial charge in [-0.05, 0) is 56.9 Å². The molecule has 3 aromatic rings. The maximum Gasteiger partial charge on any atom is 0.342 e. The Morgan fingerprint density at radius 3 is 2.29 bits per heavy atom. The maximum atomic E-state index is 12.9. The van der Waals surface area contributed by atoms with Gasteiger partial charge in [-0.1, -0.05) is 50.2 Å². The first-order valence-electron chi connectivity index (χ1n) is 10.4. The minimum Gasteiger partial charge on any atom is -0.449 e. The van der Waals surface area contributed by atoms with Gasteiger partial charge >= 0.3 is 5.97 Å². The first-order chi connectivity index (χ1) is 14.7. The molecule has 0 aliphatic heterocycles. The van der Waals surface area contributed by atoms with Crippen molar-refractivity contribution in [3.8, 4) is 5.69 Å². The Bertz CT molecular complexity index is 1100. The second-order valence-corrected chi connectivity index (χ2v) is 8.02. The first kappa shape index (κ1) is 22.3. The van der Waals surface area contributed by atoms with E-state index in [1.54, 1.807) is 18.5 Å². The fourth-order valence-electron chi connectivity index (χ4n) is 3.60. The van der Waals surface area contributed by atoms with Crippen LogP contribution in [0.1, 0.15) is 59.6 Å². The summed E-state index contributed by atoms with van der Waals surface area (Å²) >= 11 is 0. The van der Waals surface area contributed by atoms with Gasteiger partial charge in [-0.15, -0.1) is 0 Å². The molecule has 0 unspecified atom stereocenters.